The van der Waals surface area contributed by atoms with E-state index in [0.717, 1.165) is 51.4 Å². The maximum atomic E-state index is 12.6. The van der Waals surface area contributed by atoms with Crippen LogP contribution in [0, 0.1) is 0 Å². The number of carbonyl (C=O) groups is 2. The van der Waals surface area contributed by atoms with Gasteiger partial charge in [0.05, 0.1) is 25.4 Å². The Labute approximate surface area is 564 Å². The lowest BCUT2D eigenvalue weighted by molar-refractivity contribution is -0.143. The fraction of sp³-hybridized carbons (Fsp3) is 0.905. The summed E-state index contributed by atoms with van der Waals surface area (Å²) in [7, 11) is 0. The molecule has 0 aromatic rings. The van der Waals surface area contributed by atoms with Crippen LogP contribution in [0.5, 0.6) is 0 Å². The van der Waals surface area contributed by atoms with Gasteiger partial charge in [0.2, 0.25) is 5.91 Å². The summed E-state index contributed by atoms with van der Waals surface area (Å²) in [5.41, 5.74) is 0. The molecule has 2 unspecified atom stereocenters. The first-order valence-electron chi connectivity index (χ1n) is 41.2. The third-order valence-corrected chi connectivity index (χ3v) is 19.4. The molecule has 0 aromatic heterocycles. The predicted octanol–water partition coefficient (Wildman–Crippen LogP) is 27.4. The normalized spacial score (nSPS) is 12.6. The van der Waals surface area contributed by atoms with Gasteiger partial charge >= 0.3 is 5.97 Å². The largest absolute Gasteiger partial charge is 0.466 e. The number of amides is 1. The van der Waals surface area contributed by atoms with E-state index in [2.05, 4.69) is 55.6 Å². The highest BCUT2D eigenvalue weighted by atomic mass is 16.5. The van der Waals surface area contributed by atoms with Crippen LogP contribution in [0.3, 0.4) is 0 Å². The minimum absolute atomic E-state index is 0.0167. The van der Waals surface area contributed by atoms with Crippen LogP contribution in [0.25, 0.3) is 0 Å². The van der Waals surface area contributed by atoms with Crippen LogP contribution < -0.4 is 5.32 Å². The number of unbranched alkanes of at least 4 members (excludes halogenated alkanes) is 61. The van der Waals surface area contributed by atoms with Crippen LogP contribution in [0.4, 0.5) is 0 Å². The summed E-state index contributed by atoms with van der Waals surface area (Å²) in [5, 5.41) is 23.4. The van der Waals surface area contributed by atoms with Gasteiger partial charge in [-0.25, -0.2) is 0 Å². The molecular formula is C84H161NO5. The zero-order chi connectivity index (χ0) is 64.9. The summed E-state index contributed by atoms with van der Waals surface area (Å²) >= 11 is 0. The van der Waals surface area contributed by atoms with E-state index in [4.69, 9.17) is 4.74 Å². The fourth-order valence-electron chi connectivity index (χ4n) is 13.1. The van der Waals surface area contributed by atoms with E-state index in [1.54, 1.807) is 0 Å². The molecule has 6 heteroatoms. The number of aliphatic hydroxyl groups is 2. The molecule has 6 nitrogen and oxygen atoms in total. The second-order valence-electron chi connectivity index (χ2n) is 28.5. The Balaban J connectivity index is 3.35. The van der Waals surface area contributed by atoms with Crippen LogP contribution in [0.15, 0.2) is 36.5 Å². The number of aliphatic hydroxyl groups excluding tert-OH is 2. The van der Waals surface area contributed by atoms with Crippen molar-refractivity contribution in [1.29, 1.82) is 0 Å². The standard InChI is InChI=1S/C84H161NO5/c1-3-5-7-9-11-13-15-17-19-21-44-48-52-56-60-64-68-72-76-82(87)81(80-86)85-83(88)77-73-69-65-61-57-53-49-45-42-40-38-36-34-32-30-28-26-24-23-25-27-29-31-33-35-37-39-41-43-47-51-55-59-63-67-71-75-79-90-84(89)78-74-70-66-62-58-54-50-46-22-20-18-16-14-12-10-8-6-4-2/h20,22-23,25,29,31,81-82,86-87H,3-19,21,24,26-28,30,32-80H2,1-2H3,(H,85,88)/b22-20-,25-23-,31-29-. The molecule has 0 saturated carbocycles. The zero-order valence-corrected chi connectivity index (χ0v) is 61.1. The van der Waals surface area contributed by atoms with Crippen molar-refractivity contribution < 1.29 is 24.5 Å². The number of ether oxygens (including phenoxy) is 1. The van der Waals surface area contributed by atoms with Crippen molar-refractivity contribution in [2.24, 2.45) is 0 Å². The van der Waals surface area contributed by atoms with Crippen molar-refractivity contribution in [2.75, 3.05) is 13.2 Å². The van der Waals surface area contributed by atoms with Crippen LogP contribution in [0.2, 0.25) is 0 Å². The van der Waals surface area contributed by atoms with E-state index in [0.29, 0.717) is 25.9 Å². The molecule has 2 atom stereocenters. The molecule has 90 heavy (non-hydrogen) atoms. The third kappa shape index (κ3) is 75.1. The van der Waals surface area contributed by atoms with E-state index in [-0.39, 0.29) is 18.5 Å². The molecule has 0 aliphatic heterocycles. The molecule has 0 aliphatic carbocycles. The van der Waals surface area contributed by atoms with Crippen LogP contribution >= 0.6 is 0 Å². The Morgan fingerprint density at radius 2 is 0.556 bits per heavy atom. The topological polar surface area (TPSA) is 95.9 Å². The van der Waals surface area contributed by atoms with Crippen molar-refractivity contribution in [3.8, 4) is 0 Å². The van der Waals surface area contributed by atoms with Crippen LogP contribution in [-0.4, -0.2) is 47.4 Å². The quantitative estimate of drug-likeness (QED) is 0.0320. The number of esters is 1. The molecule has 0 aliphatic rings. The molecule has 0 saturated heterocycles. The maximum absolute atomic E-state index is 12.6. The van der Waals surface area contributed by atoms with Gasteiger partial charge in [0.15, 0.2) is 0 Å². The Hall–Kier alpha value is -1.92. The lowest BCUT2D eigenvalue weighted by atomic mass is 10.0. The second-order valence-corrected chi connectivity index (χ2v) is 28.5. The van der Waals surface area contributed by atoms with Gasteiger partial charge in [0.1, 0.15) is 0 Å². The van der Waals surface area contributed by atoms with E-state index < -0.39 is 12.1 Å². The molecule has 0 bridgehead atoms. The van der Waals surface area contributed by atoms with Crippen molar-refractivity contribution in [2.45, 2.75) is 475 Å². The van der Waals surface area contributed by atoms with Crippen molar-refractivity contribution in [3.63, 3.8) is 0 Å². The van der Waals surface area contributed by atoms with Gasteiger partial charge in [0, 0.05) is 12.8 Å². The van der Waals surface area contributed by atoms with Gasteiger partial charge < -0.3 is 20.3 Å². The summed E-state index contributed by atoms with van der Waals surface area (Å²) in [6, 6.07) is -0.540. The van der Waals surface area contributed by atoms with Crippen LogP contribution in [-0.2, 0) is 14.3 Å². The van der Waals surface area contributed by atoms with E-state index in [1.807, 2.05) is 0 Å². The average Bonchev–Trinajstić information content (AvgIpc) is 3.69. The summed E-state index contributed by atoms with van der Waals surface area (Å²) in [5.74, 6) is -0.0111. The van der Waals surface area contributed by atoms with E-state index in [1.165, 1.54) is 379 Å². The highest BCUT2D eigenvalue weighted by Crippen LogP contribution is 2.20. The van der Waals surface area contributed by atoms with Gasteiger partial charge in [-0.15, -0.1) is 0 Å². The van der Waals surface area contributed by atoms with Crippen LogP contribution in [0.1, 0.15) is 463 Å². The number of rotatable bonds is 78. The second kappa shape index (κ2) is 79.5. The monoisotopic (exact) mass is 1260 g/mol. The van der Waals surface area contributed by atoms with Crippen molar-refractivity contribution in [1.82, 2.24) is 5.32 Å². The van der Waals surface area contributed by atoms with Gasteiger partial charge in [-0.2, -0.15) is 0 Å². The van der Waals surface area contributed by atoms with E-state index >= 15 is 0 Å². The number of hydrogen-bond acceptors (Lipinski definition) is 5. The molecule has 0 radical (unpaired) electrons. The van der Waals surface area contributed by atoms with Gasteiger partial charge in [-0.05, 0) is 83.5 Å². The number of nitrogens with one attached hydrogen (secondary N) is 1. The van der Waals surface area contributed by atoms with Gasteiger partial charge in [-0.3, -0.25) is 9.59 Å². The third-order valence-electron chi connectivity index (χ3n) is 19.4. The molecule has 0 rings (SSSR count). The SMILES string of the molecule is CCCCCCCCC/C=C\CCCCCCCCCC(=O)OCCCCCCCCCCCCCCC/C=C\C/C=C\CCCCCCCCCCCCCCCCCCCC(=O)NC(CO)C(O)CCCCCCCCCCCCCCCCCCCC. The molecule has 0 spiro atoms. The smallest absolute Gasteiger partial charge is 0.305 e. The maximum Gasteiger partial charge on any atom is 0.305 e. The molecule has 1 amide bonds. The Morgan fingerprint density at radius 3 is 0.856 bits per heavy atom. The molecule has 0 heterocycles. The minimum atomic E-state index is -0.663. The van der Waals surface area contributed by atoms with E-state index in [9.17, 15) is 19.8 Å². The first kappa shape index (κ1) is 88.1. The zero-order valence-electron chi connectivity index (χ0n) is 61.1. The Morgan fingerprint density at radius 1 is 0.311 bits per heavy atom. The first-order valence-corrected chi connectivity index (χ1v) is 41.2. The highest BCUT2D eigenvalue weighted by molar-refractivity contribution is 5.76. The summed E-state index contributed by atoms with van der Waals surface area (Å²) in [6.45, 7) is 5.00. The van der Waals surface area contributed by atoms with Crippen molar-refractivity contribution in [3.05, 3.63) is 36.5 Å². The Kier molecular flexibility index (Phi) is 77.8. The summed E-state index contributed by atoms with van der Waals surface area (Å²) in [6.07, 6.45) is 104. The minimum Gasteiger partial charge on any atom is -0.466 e. The number of allylic oxidation sites excluding steroid dienone is 6. The van der Waals surface area contributed by atoms with Gasteiger partial charge in [0.25, 0.3) is 0 Å². The van der Waals surface area contributed by atoms with Crippen molar-refractivity contribution >= 4 is 11.9 Å². The first-order chi connectivity index (χ1) is 44.5. The summed E-state index contributed by atoms with van der Waals surface area (Å²) in [4.78, 5) is 24.7. The Bertz CT molecular complexity index is 1460. The summed E-state index contributed by atoms with van der Waals surface area (Å²) < 4.78 is 5.51. The molecule has 3 N–H and O–H groups in total. The lowest BCUT2D eigenvalue weighted by Crippen LogP contribution is -2.45. The molecule has 532 valence electrons. The average molecular weight is 1270 g/mol. The molecule has 0 aromatic carbocycles. The molecular weight excluding hydrogens is 1100 g/mol. The molecule has 0 fully saturated rings. The number of carbonyl (C=O) groups excluding carboxylic acids is 2. The lowest BCUT2D eigenvalue weighted by Gasteiger charge is -2.22. The number of hydrogen-bond donors (Lipinski definition) is 3. The van der Waals surface area contributed by atoms with Gasteiger partial charge in [-0.1, -0.05) is 403 Å². The highest BCUT2D eigenvalue weighted by Gasteiger charge is 2.20. The fourth-order valence-corrected chi connectivity index (χ4v) is 13.1. The predicted molar refractivity (Wildman–Crippen MR) is 398 cm³/mol.